The lowest BCUT2D eigenvalue weighted by Gasteiger charge is -2.07. The number of nitrogens with zero attached hydrogens (tertiary/aromatic N) is 6. The van der Waals surface area contributed by atoms with Crippen molar-refractivity contribution in [1.29, 1.82) is 0 Å². The normalized spacial score (nSPS) is 11.4. The van der Waals surface area contributed by atoms with Crippen molar-refractivity contribution >= 4 is 22.7 Å². The van der Waals surface area contributed by atoms with Crippen molar-refractivity contribution in [2.45, 2.75) is 20.4 Å². The van der Waals surface area contributed by atoms with E-state index >= 15 is 0 Å². The quantitative estimate of drug-likeness (QED) is 0.581. The van der Waals surface area contributed by atoms with Gasteiger partial charge in [-0.3, -0.25) is 18.3 Å². The summed E-state index contributed by atoms with van der Waals surface area (Å²) < 4.78 is 4.81. The highest BCUT2D eigenvalue weighted by molar-refractivity contribution is 5.91. The molecule has 4 aromatic rings. The summed E-state index contributed by atoms with van der Waals surface area (Å²) in [6, 6.07) is 7.54. The SMILES string of the molecule is Cc1cc(C)n2c(C(=O)NCc3ccc4c(c3)n(C)c(=O)n4C)nnc2n1. The number of carbonyl (C=O) groups is 1. The number of nitrogens with one attached hydrogen (secondary N) is 1. The van der Waals surface area contributed by atoms with Crippen LogP contribution in [0.1, 0.15) is 27.6 Å². The van der Waals surface area contributed by atoms with E-state index < -0.39 is 0 Å². The molecule has 0 unspecified atom stereocenters. The lowest BCUT2D eigenvalue weighted by molar-refractivity contribution is 0.0939. The number of hydrogen-bond donors (Lipinski definition) is 1. The van der Waals surface area contributed by atoms with Crippen LogP contribution in [0.3, 0.4) is 0 Å². The van der Waals surface area contributed by atoms with Gasteiger partial charge in [0.05, 0.1) is 11.0 Å². The zero-order valence-electron chi connectivity index (χ0n) is 15.5. The zero-order valence-corrected chi connectivity index (χ0v) is 15.5. The van der Waals surface area contributed by atoms with E-state index in [0.717, 1.165) is 28.0 Å². The largest absolute Gasteiger partial charge is 0.345 e. The third kappa shape index (κ3) is 2.67. The third-order valence-electron chi connectivity index (χ3n) is 4.69. The third-order valence-corrected chi connectivity index (χ3v) is 4.69. The zero-order chi connectivity index (χ0) is 19.3. The average Bonchev–Trinajstić information content (AvgIpc) is 3.16. The molecular weight excluding hydrogens is 346 g/mol. The van der Waals surface area contributed by atoms with Gasteiger partial charge in [0.2, 0.25) is 5.82 Å². The van der Waals surface area contributed by atoms with Crippen molar-refractivity contribution in [3.8, 4) is 0 Å². The predicted molar refractivity (Wildman–Crippen MR) is 99.6 cm³/mol. The number of benzene rings is 1. The molecule has 1 N–H and O–H groups in total. The molecule has 0 fully saturated rings. The first-order valence-electron chi connectivity index (χ1n) is 8.48. The molecule has 3 heterocycles. The summed E-state index contributed by atoms with van der Waals surface area (Å²) in [6.45, 7) is 4.06. The number of amides is 1. The van der Waals surface area contributed by atoms with Gasteiger partial charge in [-0.2, -0.15) is 0 Å². The van der Waals surface area contributed by atoms with E-state index in [-0.39, 0.29) is 17.4 Å². The fourth-order valence-corrected chi connectivity index (χ4v) is 3.30. The maximum Gasteiger partial charge on any atom is 0.328 e. The van der Waals surface area contributed by atoms with Gasteiger partial charge in [0.25, 0.3) is 11.7 Å². The monoisotopic (exact) mass is 365 g/mol. The van der Waals surface area contributed by atoms with E-state index in [2.05, 4.69) is 20.5 Å². The van der Waals surface area contributed by atoms with E-state index in [4.69, 9.17) is 0 Å². The molecule has 0 aliphatic heterocycles. The number of hydrogen-bond acceptors (Lipinski definition) is 5. The second kappa shape index (κ2) is 6.04. The Morgan fingerprint density at radius 2 is 1.81 bits per heavy atom. The van der Waals surface area contributed by atoms with Crippen molar-refractivity contribution in [3.63, 3.8) is 0 Å². The Kier molecular flexibility index (Phi) is 3.79. The Balaban J connectivity index is 1.61. The van der Waals surface area contributed by atoms with Crippen molar-refractivity contribution < 1.29 is 4.79 Å². The molecule has 0 atom stereocenters. The van der Waals surface area contributed by atoms with Gasteiger partial charge in [-0.05, 0) is 37.6 Å². The van der Waals surface area contributed by atoms with Crippen LogP contribution in [0.2, 0.25) is 0 Å². The molecule has 0 aliphatic carbocycles. The highest BCUT2D eigenvalue weighted by atomic mass is 16.2. The number of imidazole rings is 1. The van der Waals surface area contributed by atoms with Gasteiger partial charge in [-0.1, -0.05) is 6.07 Å². The van der Waals surface area contributed by atoms with Gasteiger partial charge in [-0.25, -0.2) is 9.78 Å². The first-order chi connectivity index (χ1) is 12.9. The first-order valence-corrected chi connectivity index (χ1v) is 8.48. The van der Waals surface area contributed by atoms with E-state index in [1.807, 2.05) is 38.1 Å². The van der Waals surface area contributed by atoms with Crippen LogP contribution in [-0.4, -0.2) is 34.6 Å². The van der Waals surface area contributed by atoms with Gasteiger partial charge in [0.1, 0.15) is 0 Å². The summed E-state index contributed by atoms with van der Waals surface area (Å²) in [5.74, 6) is 0.264. The average molecular weight is 365 g/mol. The fraction of sp³-hybridized carbons (Fsp3) is 0.278. The molecule has 3 aromatic heterocycles. The van der Waals surface area contributed by atoms with Crippen molar-refractivity contribution in [1.82, 2.24) is 34.0 Å². The number of carbonyl (C=O) groups excluding carboxylic acids is 1. The van der Waals surface area contributed by atoms with E-state index in [0.29, 0.717) is 12.3 Å². The Hall–Kier alpha value is -3.49. The maximum atomic E-state index is 12.6. The van der Waals surface area contributed by atoms with Gasteiger partial charge in [0.15, 0.2) is 0 Å². The summed E-state index contributed by atoms with van der Waals surface area (Å²) in [4.78, 5) is 28.9. The van der Waals surface area contributed by atoms with Crippen LogP contribution in [0.15, 0.2) is 29.1 Å². The lowest BCUT2D eigenvalue weighted by atomic mass is 10.2. The molecule has 0 bridgehead atoms. The van der Waals surface area contributed by atoms with Crippen LogP contribution in [-0.2, 0) is 20.6 Å². The molecule has 9 nitrogen and oxygen atoms in total. The fourth-order valence-electron chi connectivity index (χ4n) is 3.30. The molecule has 138 valence electrons. The minimum absolute atomic E-state index is 0.0839. The summed E-state index contributed by atoms with van der Waals surface area (Å²) in [7, 11) is 3.47. The maximum absolute atomic E-state index is 12.6. The van der Waals surface area contributed by atoms with Gasteiger partial charge in [-0.15, -0.1) is 10.2 Å². The first kappa shape index (κ1) is 17.0. The molecule has 0 saturated carbocycles. The Bertz CT molecular complexity index is 1260. The second-order valence-corrected chi connectivity index (χ2v) is 6.60. The van der Waals surface area contributed by atoms with Crippen molar-refractivity contribution in [2.24, 2.45) is 14.1 Å². The highest BCUT2D eigenvalue weighted by Crippen LogP contribution is 2.14. The summed E-state index contributed by atoms with van der Waals surface area (Å²) in [5.41, 5.74) is 4.13. The molecule has 0 spiro atoms. The van der Waals surface area contributed by atoms with Crippen LogP contribution in [0.4, 0.5) is 0 Å². The minimum Gasteiger partial charge on any atom is -0.345 e. The molecule has 0 radical (unpaired) electrons. The molecule has 0 aliphatic rings. The number of fused-ring (bicyclic) bond motifs is 2. The minimum atomic E-state index is -0.335. The highest BCUT2D eigenvalue weighted by Gasteiger charge is 2.17. The molecule has 9 heteroatoms. The van der Waals surface area contributed by atoms with Crippen LogP contribution < -0.4 is 11.0 Å². The lowest BCUT2D eigenvalue weighted by Crippen LogP contribution is -2.25. The Morgan fingerprint density at radius 3 is 2.59 bits per heavy atom. The van der Waals surface area contributed by atoms with Crippen LogP contribution in [0.25, 0.3) is 16.8 Å². The standard InChI is InChI=1S/C18H19N7O2/c1-10-7-11(2)25-15(21-22-17(25)20-10)16(26)19-9-12-5-6-13-14(8-12)24(4)18(27)23(13)3/h5-8H,9H2,1-4H3,(H,19,26). The van der Waals surface area contributed by atoms with Gasteiger partial charge in [0, 0.05) is 32.0 Å². The van der Waals surface area contributed by atoms with Crippen molar-refractivity contribution in [3.05, 3.63) is 57.5 Å². The van der Waals surface area contributed by atoms with Crippen LogP contribution in [0.5, 0.6) is 0 Å². The number of rotatable bonds is 3. The summed E-state index contributed by atoms with van der Waals surface area (Å²) in [6.07, 6.45) is 0. The summed E-state index contributed by atoms with van der Waals surface area (Å²) in [5, 5.41) is 10.8. The Labute approximate surface area is 154 Å². The number of aryl methyl sites for hydroxylation is 4. The smallest absolute Gasteiger partial charge is 0.328 e. The van der Waals surface area contributed by atoms with Crippen molar-refractivity contribution in [2.75, 3.05) is 0 Å². The predicted octanol–water partition coefficient (Wildman–Crippen LogP) is 0.862. The summed E-state index contributed by atoms with van der Waals surface area (Å²) >= 11 is 0. The van der Waals surface area contributed by atoms with Crippen LogP contribution in [0, 0.1) is 13.8 Å². The number of aromatic nitrogens is 6. The molecule has 4 rings (SSSR count). The Morgan fingerprint density at radius 1 is 1.07 bits per heavy atom. The molecular formula is C18H19N7O2. The van der Waals surface area contributed by atoms with Gasteiger partial charge < -0.3 is 5.32 Å². The topological polar surface area (TPSA) is 99.1 Å². The van der Waals surface area contributed by atoms with Crippen LogP contribution >= 0.6 is 0 Å². The van der Waals surface area contributed by atoms with E-state index in [1.165, 1.54) is 0 Å². The molecule has 0 saturated heterocycles. The second-order valence-electron chi connectivity index (χ2n) is 6.60. The molecule has 1 aromatic carbocycles. The van der Waals surface area contributed by atoms with Gasteiger partial charge >= 0.3 is 5.69 Å². The van der Waals surface area contributed by atoms with E-state index in [9.17, 15) is 9.59 Å². The van der Waals surface area contributed by atoms with E-state index in [1.54, 1.807) is 27.6 Å². The molecule has 27 heavy (non-hydrogen) atoms. The molecule has 1 amide bonds.